The van der Waals surface area contributed by atoms with Crippen molar-refractivity contribution in [2.45, 2.75) is 26.5 Å². The quantitative estimate of drug-likeness (QED) is 0.502. The molecule has 174 valence electrons. The molecule has 0 bridgehead atoms. The lowest BCUT2D eigenvalue weighted by Crippen LogP contribution is -3.15. The number of hydrogen-bond acceptors (Lipinski definition) is 5. The van der Waals surface area contributed by atoms with Gasteiger partial charge in [-0.2, -0.15) is 0 Å². The van der Waals surface area contributed by atoms with Crippen LogP contribution in [-0.2, 0) is 11.3 Å². The van der Waals surface area contributed by atoms with Crippen molar-refractivity contribution in [1.82, 2.24) is 10.2 Å². The second kappa shape index (κ2) is 11.9. The Balaban J connectivity index is 1.35. The second-order valence-electron chi connectivity index (χ2n) is 8.49. The van der Waals surface area contributed by atoms with Crippen LogP contribution in [0.15, 0.2) is 42.5 Å². The fourth-order valence-electron chi connectivity index (χ4n) is 4.11. The first-order valence-electron chi connectivity index (χ1n) is 11.3. The number of hydrogen-bond donors (Lipinski definition) is 3. The summed E-state index contributed by atoms with van der Waals surface area (Å²) in [6.45, 7) is 9.47. The number of aliphatic hydroxyl groups excluding tert-OH is 1. The van der Waals surface area contributed by atoms with Gasteiger partial charge >= 0.3 is 0 Å². The monoisotopic (exact) mass is 442 g/mol. The van der Waals surface area contributed by atoms with Crippen LogP contribution in [-0.4, -0.2) is 75.0 Å². The van der Waals surface area contributed by atoms with E-state index in [2.05, 4.69) is 36.2 Å². The maximum absolute atomic E-state index is 12.4. The Labute approximate surface area is 190 Å². The average molecular weight is 443 g/mol. The Morgan fingerprint density at radius 2 is 1.75 bits per heavy atom. The van der Waals surface area contributed by atoms with Crippen LogP contribution < -0.4 is 19.7 Å². The maximum atomic E-state index is 12.4. The Morgan fingerprint density at radius 3 is 2.41 bits per heavy atom. The molecular weight excluding hydrogens is 406 g/mol. The number of quaternary nitrogens is 1. The summed E-state index contributed by atoms with van der Waals surface area (Å²) in [5.41, 5.74) is 3.61. The van der Waals surface area contributed by atoms with Crippen LogP contribution in [0.5, 0.6) is 11.5 Å². The zero-order valence-corrected chi connectivity index (χ0v) is 19.4. The number of aliphatic hydroxyl groups is 1. The fraction of sp³-hybridized carbons (Fsp3) is 0.480. The number of amides is 1. The second-order valence-corrected chi connectivity index (χ2v) is 8.49. The molecule has 3 rings (SSSR count). The highest BCUT2D eigenvalue weighted by Crippen LogP contribution is 2.25. The number of methoxy groups -OCH3 is 1. The molecule has 7 heteroatoms. The van der Waals surface area contributed by atoms with E-state index in [0.29, 0.717) is 31.1 Å². The van der Waals surface area contributed by atoms with Gasteiger partial charge in [-0.1, -0.05) is 30.3 Å². The van der Waals surface area contributed by atoms with Gasteiger partial charge in [0.05, 0.1) is 20.2 Å². The number of rotatable bonds is 10. The van der Waals surface area contributed by atoms with Gasteiger partial charge in [0.25, 0.3) is 5.91 Å². The van der Waals surface area contributed by atoms with Gasteiger partial charge in [-0.05, 0) is 42.7 Å². The molecule has 2 aromatic rings. The van der Waals surface area contributed by atoms with Gasteiger partial charge in [-0.3, -0.25) is 9.69 Å². The third-order valence-corrected chi connectivity index (χ3v) is 6.05. The van der Waals surface area contributed by atoms with E-state index < -0.39 is 6.10 Å². The van der Waals surface area contributed by atoms with Crippen molar-refractivity contribution in [3.63, 3.8) is 0 Å². The zero-order chi connectivity index (χ0) is 22.9. The molecule has 1 heterocycles. The molecule has 0 saturated carbocycles. The number of nitrogens with zero attached hydrogens (tertiary/aromatic N) is 1. The predicted molar refractivity (Wildman–Crippen MR) is 124 cm³/mol. The minimum absolute atomic E-state index is 0.0846. The highest BCUT2D eigenvalue weighted by Gasteiger charge is 2.24. The summed E-state index contributed by atoms with van der Waals surface area (Å²) in [6.07, 6.45) is -0.581. The number of carbonyl (C=O) groups excluding carboxylic acids is 1. The molecule has 0 radical (unpaired) electrons. The lowest BCUT2D eigenvalue weighted by Gasteiger charge is -2.32. The van der Waals surface area contributed by atoms with E-state index in [9.17, 15) is 9.90 Å². The Morgan fingerprint density at radius 1 is 1.09 bits per heavy atom. The Hall–Kier alpha value is -2.61. The van der Waals surface area contributed by atoms with Crippen LogP contribution in [0.25, 0.3) is 0 Å². The van der Waals surface area contributed by atoms with Gasteiger partial charge in [0.15, 0.2) is 18.0 Å². The zero-order valence-electron chi connectivity index (χ0n) is 19.4. The van der Waals surface area contributed by atoms with Crippen molar-refractivity contribution in [2.75, 3.05) is 53.0 Å². The van der Waals surface area contributed by atoms with E-state index in [-0.39, 0.29) is 12.5 Å². The van der Waals surface area contributed by atoms with Crippen molar-refractivity contribution in [3.8, 4) is 11.5 Å². The van der Waals surface area contributed by atoms with Gasteiger partial charge in [-0.15, -0.1) is 0 Å². The fourth-order valence-corrected chi connectivity index (χ4v) is 4.11. The number of aryl methyl sites for hydroxylation is 2. The number of carbonyl (C=O) groups is 1. The largest absolute Gasteiger partial charge is 0.493 e. The Kier molecular flexibility index (Phi) is 8.90. The molecule has 3 N–H and O–H groups in total. The van der Waals surface area contributed by atoms with E-state index in [4.69, 9.17) is 9.47 Å². The molecule has 7 nitrogen and oxygen atoms in total. The summed E-state index contributed by atoms with van der Waals surface area (Å²) in [4.78, 5) is 15.9. The molecule has 0 unspecified atom stereocenters. The van der Waals surface area contributed by atoms with E-state index in [1.165, 1.54) is 21.6 Å². The minimum Gasteiger partial charge on any atom is -0.493 e. The summed E-state index contributed by atoms with van der Waals surface area (Å²) in [5.74, 6) is 1.38. The van der Waals surface area contributed by atoms with Crippen LogP contribution in [0.3, 0.4) is 0 Å². The van der Waals surface area contributed by atoms with Crippen molar-refractivity contribution in [3.05, 3.63) is 59.2 Å². The van der Waals surface area contributed by atoms with Gasteiger partial charge < -0.3 is 24.8 Å². The van der Waals surface area contributed by atoms with Crippen LogP contribution in [0.4, 0.5) is 0 Å². The number of para-hydroxylation sites is 2. The molecular formula is C25H36N3O4+. The first kappa shape index (κ1) is 24.0. The molecule has 1 atom stereocenters. The highest BCUT2D eigenvalue weighted by atomic mass is 16.5. The third kappa shape index (κ3) is 6.95. The molecule has 1 saturated heterocycles. The van der Waals surface area contributed by atoms with Crippen molar-refractivity contribution in [1.29, 1.82) is 0 Å². The summed E-state index contributed by atoms with van der Waals surface area (Å²) in [7, 11) is 1.60. The molecule has 0 aliphatic carbocycles. The molecule has 1 aliphatic heterocycles. The smallest absolute Gasteiger partial charge is 0.275 e. The lowest BCUT2D eigenvalue weighted by atomic mass is 10.0. The molecule has 0 aromatic heterocycles. The molecule has 32 heavy (non-hydrogen) atoms. The van der Waals surface area contributed by atoms with Crippen LogP contribution >= 0.6 is 0 Å². The lowest BCUT2D eigenvalue weighted by molar-refractivity contribution is -0.896. The minimum atomic E-state index is -0.581. The first-order valence-corrected chi connectivity index (χ1v) is 11.3. The van der Waals surface area contributed by atoms with Crippen molar-refractivity contribution < 1.29 is 24.3 Å². The first-order chi connectivity index (χ1) is 15.5. The number of benzene rings is 2. The maximum Gasteiger partial charge on any atom is 0.275 e. The number of β-amino-alcohol motifs (C(OH)–C–C–N with tert-alkyl or cyclic N) is 1. The molecule has 1 amide bonds. The topological polar surface area (TPSA) is 75.5 Å². The third-order valence-electron chi connectivity index (χ3n) is 6.05. The Bertz CT molecular complexity index is 861. The summed E-state index contributed by atoms with van der Waals surface area (Å²) >= 11 is 0. The number of piperazine rings is 1. The van der Waals surface area contributed by atoms with Crippen molar-refractivity contribution in [2.24, 2.45) is 0 Å². The van der Waals surface area contributed by atoms with Crippen LogP contribution in [0, 0.1) is 13.8 Å². The predicted octanol–water partition coefficient (Wildman–Crippen LogP) is 0.569. The van der Waals surface area contributed by atoms with Gasteiger partial charge in [-0.25, -0.2) is 0 Å². The molecule has 1 fully saturated rings. The highest BCUT2D eigenvalue weighted by molar-refractivity contribution is 5.76. The van der Waals surface area contributed by atoms with E-state index >= 15 is 0 Å². The van der Waals surface area contributed by atoms with Crippen molar-refractivity contribution >= 4 is 5.91 Å². The molecule has 2 aromatic carbocycles. The van der Waals surface area contributed by atoms with Crippen LogP contribution in [0.1, 0.15) is 16.7 Å². The van der Waals surface area contributed by atoms with Gasteiger partial charge in [0, 0.05) is 26.2 Å². The standard InChI is InChI=1S/C25H35N3O4/c1-19-7-6-8-20(2)22(19)15-26-25(30)17-28-13-11-27(12-14-28)16-21(29)18-32-24-10-5-4-9-23(24)31-3/h4-10,21,29H,11-18H2,1-3H3,(H,26,30)/p+1/t21-/m1/s1. The average Bonchev–Trinajstić information content (AvgIpc) is 2.79. The summed E-state index contributed by atoms with van der Waals surface area (Å²) in [6, 6.07) is 13.6. The van der Waals surface area contributed by atoms with E-state index in [1.54, 1.807) is 7.11 Å². The summed E-state index contributed by atoms with van der Waals surface area (Å²) < 4.78 is 11.0. The number of nitrogens with one attached hydrogen (secondary N) is 2. The summed E-state index contributed by atoms with van der Waals surface area (Å²) in [5, 5.41) is 13.5. The van der Waals surface area contributed by atoms with Gasteiger partial charge in [0.1, 0.15) is 12.7 Å². The molecule has 1 aliphatic rings. The van der Waals surface area contributed by atoms with E-state index in [1.807, 2.05) is 30.3 Å². The number of ether oxygens (including phenoxy) is 2. The van der Waals surface area contributed by atoms with Gasteiger partial charge in [0.2, 0.25) is 0 Å². The normalized spacial score (nSPS) is 15.9. The van der Waals surface area contributed by atoms with E-state index in [0.717, 1.165) is 26.2 Å². The van der Waals surface area contributed by atoms with Crippen LogP contribution in [0.2, 0.25) is 0 Å². The SMILES string of the molecule is COc1ccccc1OC[C@H](O)CN1CC[NH+](CC(=O)NCc2c(C)cccc2C)CC1. The molecule has 0 spiro atoms.